The third kappa shape index (κ3) is 0.254. The Morgan fingerprint density at radius 1 is 1.20 bits per heavy atom. The van der Waals surface area contributed by atoms with E-state index in [0.717, 1.165) is 11.3 Å². The average molecular weight is 136 g/mol. The second-order valence-corrected chi connectivity index (χ2v) is 4.74. The molecule has 1 heteroatoms. The summed E-state index contributed by atoms with van der Waals surface area (Å²) in [5.41, 5.74) is 1.22. The monoisotopic (exact) mass is 136 g/mol. The number of hydrogen-bond acceptors (Lipinski definition) is 1. The van der Waals surface area contributed by atoms with Gasteiger partial charge in [-0.05, 0) is 31.6 Å². The molecule has 0 aromatic carbocycles. The summed E-state index contributed by atoms with van der Waals surface area (Å²) >= 11 is 0. The van der Waals surface area contributed by atoms with Gasteiger partial charge in [0, 0.05) is 11.8 Å². The van der Waals surface area contributed by atoms with E-state index in [1.165, 1.54) is 32.1 Å². The molecule has 0 amide bonds. The highest BCUT2D eigenvalue weighted by Gasteiger charge is 2.80. The molecule has 1 nitrogen and oxygen atoms in total. The van der Waals surface area contributed by atoms with Crippen molar-refractivity contribution < 1.29 is 4.74 Å². The molecule has 10 heavy (non-hydrogen) atoms. The maximum Gasteiger partial charge on any atom is 0.0770 e. The van der Waals surface area contributed by atoms with Gasteiger partial charge in [0.15, 0.2) is 0 Å². The van der Waals surface area contributed by atoms with E-state index in [2.05, 4.69) is 0 Å². The summed E-state index contributed by atoms with van der Waals surface area (Å²) in [6, 6.07) is 0. The minimum Gasteiger partial charge on any atom is -0.371 e. The fraction of sp³-hybridized carbons (Fsp3) is 1.00. The van der Waals surface area contributed by atoms with Gasteiger partial charge in [-0.15, -0.1) is 0 Å². The highest BCUT2D eigenvalue weighted by molar-refractivity contribution is 5.29. The molecular formula is C9H12O. The minimum atomic E-state index is 0.461. The Balaban J connectivity index is 1.95. The lowest BCUT2D eigenvalue weighted by Gasteiger charge is -2.39. The van der Waals surface area contributed by atoms with E-state index in [9.17, 15) is 0 Å². The fourth-order valence-electron chi connectivity index (χ4n) is 4.09. The van der Waals surface area contributed by atoms with Crippen LogP contribution in [0.1, 0.15) is 32.1 Å². The summed E-state index contributed by atoms with van der Waals surface area (Å²) in [5, 5.41) is 0. The van der Waals surface area contributed by atoms with Crippen LogP contribution in [-0.4, -0.2) is 11.7 Å². The van der Waals surface area contributed by atoms with Gasteiger partial charge in [-0.1, -0.05) is 0 Å². The van der Waals surface area contributed by atoms with Crippen LogP contribution in [-0.2, 0) is 4.74 Å². The van der Waals surface area contributed by atoms with E-state index in [-0.39, 0.29) is 0 Å². The first-order valence-corrected chi connectivity index (χ1v) is 4.53. The van der Waals surface area contributed by atoms with Crippen LogP contribution in [0.4, 0.5) is 0 Å². The Morgan fingerprint density at radius 2 is 2.10 bits per heavy atom. The fourth-order valence-corrected chi connectivity index (χ4v) is 4.09. The highest BCUT2D eigenvalue weighted by atomic mass is 16.5. The third-order valence-electron chi connectivity index (χ3n) is 4.58. The van der Waals surface area contributed by atoms with E-state index < -0.39 is 0 Å². The molecule has 2 saturated heterocycles. The van der Waals surface area contributed by atoms with Crippen LogP contribution in [0.5, 0.6) is 0 Å². The van der Waals surface area contributed by atoms with Crippen molar-refractivity contribution in [1.82, 2.24) is 0 Å². The Hall–Kier alpha value is -0.0400. The molecule has 0 radical (unpaired) electrons. The molecule has 5 fully saturated rings. The van der Waals surface area contributed by atoms with E-state index in [4.69, 9.17) is 4.74 Å². The second kappa shape index (κ2) is 0.989. The quantitative estimate of drug-likeness (QED) is 0.492. The van der Waals surface area contributed by atoms with Gasteiger partial charge < -0.3 is 4.74 Å². The summed E-state index contributed by atoms with van der Waals surface area (Å²) in [6.45, 7) is 0. The van der Waals surface area contributed by atoms with Crippen molar-refractivity contribution >= 4 is 0 Å². The SMILES string of the molecule is C1C[C@@]23C[C@@H](CC24CC14)O3. The summed E-state index contributed by atoms with van der Waals surface area (Å²) in [7, 11) is 0. The lowest BCUT2D eigenvalue weighted by molar-refractivity contribution is -0.164. The molecule has 54 valence electrons. The van der Waals surface area contributed by atoms with Gasteiger partial charge >= 0.3 is 0 Å². The molecule has 0 aromatic heterocycles. The second-order valence-electron chi connectivity index (χ2n) is 4.74. The van der Waals surface area contributed by atoms with Crippen molar-refractivity contribution in [3.63, 3.8) is 0 Å². The van der Waals surface area contributed by atoms with Gasteiger partial charge in [-0.25, -0.2) is 0 Å². The van der Waals surface area contributed by atoms with Crippen molar-refractivity contribution in [1.29, 1.82) is 0 Å². The van der Waals surface area contributed by atoms with Crippen LogP contribution in [0.25, 0.3) is 0 Å². The van der Waals surface area contributed by atoms with Crippen LogP contribution < -0.4 is 0 Å². The van der Waals surface area contributed by atoms with Crippen molar-refractivity contribution in [2.24, 2.45) is 11.3 Å². The van der Waals surface area contributed by atoms with Crippen LogP contribution in [0.3, 0.4) is 0 Å². The first-order chi connectivity index (χ1) is 4.85. The smallest absolute Gasteiger partial charge is 0.0770 e. The van der Waals surface area contributed by atoms with Gasteiger partial charge in [0.25, 0.3) is 0 Å². The minimum absolute atomic E-state index is 0.461. The van der Waals surface area contributed by atoms with Gasteiger partial charge in [0.1, 0.15) is 0 Å². The third-order valence-corrected chi connectivity index (χ3v) is 4.58. The van der Waals surface area contributed by atoms with Crippen LogP contribution in [0.15, 0.2) is 0 Å². The molecule has 3 aliphatic carbocycles. The maximum atomic E-state index is 5.91. The molecule has 4 atom stereocenters. The Kier molecular flexibility index (Phi) is 0.471. The Labute approximate surface area is 60.7 Å². The van der Waals surface area contributed by atoms with Crippen molar-refractivity contribution in [3.8, 4) is 0 Å². The van der Waals surface area contributed by atoms with E-state index in [1.54, 1.807) is 0 Å². The Morgan fingerprint density at radius 3 is 2.80 bits per heavy atom. The molecule has 2 spiro atoms. The van der Waals surface area contributed by atoms with E-state index in [1.807, 2.05) is 0 Å². The lowest BCUT2D eigenvalue weighted by atomic mass is 9.87. The maximum absolute atomic E-state index is 5.91. The van der Waals surface area contributed by atoms with Crippen molar-refractivity contribution in [2.75, 3.05) is 0 Å². The molecule has 2 bridgehead atoms. The normalized spacial score (nSPS) is 74.4. The van der Waals surface area contributed by atoms with Crippen LogP contribution in [0, 0.1) is 11.3 Å². The van der Waals surface area contributed by atoms with E-state index >= 15 is 0 Å². The standard InChI is InChI=1S/C9H12O/c1-2-9-5-7(10-9)4-8(9)3-6(1)8/h6-7H,1-5H2/t6?,7-,8?,9-/m1/s1. The molecule has 5 aliphatic rings. The lowest BCUT2D eigenvalue weighted by Crippen LogP contribution is -2.43. The molecular weight excluding hydrogens is 124 g/mol. The molecule has 2 aliphatic heterocycles. The zero-order valence-electron chi connectivity index (χ0n) is 6.10. The molecule has 0 N–H and O–H groups in total. The average Bonchev–Trinajstić information content (AvgIpc) is 2.22. The summed E-state index contributed by atoms with van der Waals surface area (Å²) < 4.78 is 5.91. The molecule has 2 unspecified atom stereocenters. The topological polar surface area (TPSA) is 9.23 Å². The zero-order chi connectivity index (χ0) is 6.40. The largest absolute Gasteiger partial charge is 0.371 e. The molecule has 3 saturated carbocycles. The van der Waals surface area contributed by atoms with Crippen molar-refractivity contribution in [2.45, 2.75) is 43.8 Å². The Bertz CT molecular complexity index is 211. The van der Waals surface area contributed by atoms with Gasteiger partial charge in [-0.2, -0.15) is 0 Å². The summed E-state index contributed by atoms with van der Waals surface area (Å²) in [5.74, 6) is 1.10. The first kappa shape index (κ1) is 4.76. The molecule has 2 heterocycles. The van der Waals surface area contributed by atoms with Gasteiger partial charge in [0.2, 0.25) is 0 Å². The van der Waals surface area contributed by atoms with Gasteiger partial charge in [0.05, 0.1) is 11.7 Å². The van der Waals surface area contributed by atoms with Gasteiger partial charge in [-0.3, -0.25) is 0 Å². The predicted octanol–water partition coefficient (Wildman–Crippen LogP) is 1.72. The van der Waals surface area contributed by atoms with Crippen LogP contribution in [0.2, 0.25) is 0 Å². The first-order valence-electron chi connectivity index (χ1n) is 4.53. The zero-order valence-corrected chi connectivity index (χ0v) is 6.10. The molecule has 5 rings (SSSR count). The number of hydrogen-bond donors (Lipinski definition) is 0. The number of ether oxygens (including phenoxy) is 1. The number of rotatable bonds is 0. The highest BCUT2D eigenvalue weighted by Crippen LogP contribution is 2.81. The predicted molar refractivity (Wildman–Crippen MR) is 36.6 cm³/mol. The summed E-state index contributed by atoms with van der Waals surface area (Å²) in [4.78, 5) is 0. The van der Waals surface area contributed by atoms with Crippen LogP contribution >= 0.6 is 0 Å². The summed E-state index contributed by atoms with van der Waals surface area (Å²) in [6.07, 6.45) is 7.94. The van der Waals surface area contributed by atoms with Crippen molar-refractivity contribution in [3.05, 3.63) is 0 Å². The molecule has 0 aromatic rings. The van der Waals surface area contributed by atoms with E-state index in [0.29, 0.717) is 11.7 Å².